The fourth-order valence-corrected chi connectivity index (χ4v) is 5.22. The van der Waals surface area contributed by atoms with Gasteiger partial charge in [0.2, 0.25) is 0 Å². The van der Waals surface area contributed by atoms with E-state index in [1.54, 1.807) is 6.21 Å². The summed E-state index contributed by atoms with van der Waals surface area (Å²) in [4.78, 5) is 18.4. The molecule has 8 heteroatoms. The van der Waals surface area contributed by atoms with Gasteiger partial charge in [-0.1, -0.05) is 35.2 Å². The molecule has 0 saturated heterocycles. The molecule has 4 rings (SSSR count). The second-order valence-corrected chi connectivity index (χ2v) is 10.5. The maximum absolute atomic E-state index is 13.5. The van der Waals surface area contributed by atoms with Crippen molar-refractivity contribution in [2.75, 3.05) is 6.61 Å². The van der Waals surface area contributed by atoms with Gasteiger partial charge in [0, 0.05) is 10.4 Å². The summed E-state index contributed by atoms with van der Waals surface area (Å²) in [6.45, 7) is 6.39. The Kier molecular flexibility index (Phi) is 8.09. The van der Waals surface area contributed by atoms with Crippen molar-refractivity contribution in [2.45, 2.75) is 64.9 Å². The first kappa shape index (κ1) is 24.9. The monoisotopic (exact) mass is 589 g/mol. The summed E-state index contributed by atoms with van der Waals surface area (Å²) >= 11 is 7.07. The Morgan fingerprint density at radius 3 is 2.65 bits per heavy atom. The molecule has 6 nitrogen and oxygen atoms in total. The third-order valence-electron chi connectivity index (χ3n) is 5.81. The van der Waals surface area contributed by atoms with Gasteiger partial charge in [0.05, 0.1) is 34.3 Å². The maximum Gasteiger partial charge on any atom is 0.282 e. The van der Waals surface area contributed by atoms with Crippen LogP contribution in [0.2, 0.25) is 0 Å². The summed E-state index contributed by atoms with van der Waals surface area (Å²) in [5.74, 6) is 2.25. The van der Waals surface area contributed by atoms with Crippen molar-refractivity contribution in [3.63, 3.8) is 0 Å². The van der Waals surface area contributed by atoms with E-state index in [4.69, 9.17) is 14.5 Å². The van der Waals surface area contributed by atoms with Crippen LogP contribution in [0.5, 0.6) is 11.5 Å². The Hall–Kier alpha value is -2.19. The minimum atomic E-state index is -0.160. The van der Waals surface area contributed by atoms with Gasteiger partial charge in [-0.2, -0.15) is 9.78 Å². The molecule has 2 aromatic carbocycles. The Morgan fingerprint density at radius 2 is 1.94 bits per heavy atom. The van der Waals surface area contributed by atoms with E-state index in [1.807, 2.05) is 51.1 Å². The number of rotatable bonds is 7. The van der Waals surface area contributed by atoms with E-state index in [-0.39, 0.29) is 17.6 Å². The normalized spacial score (nSPS) is 14.9. The van der Waals surface area contributed by atoms with Crippen molar-refractivity contribution in [3.8, 4) is 11.5 Å². The number of nitrogens with zero attached hydrogens (tertiary/aromatic N) is 3. The molecule has 0 amide bonds. The molecule has 0 unspecified atom stereocenters. The number of aromatic nitrogens is 2. The lowest BCUT2D eigenvalue weighted by atomic mass is 9.88. The third kappa shape index (κ3) is 5.54. The van der Waals surface area contributed by atoms with Crippen LogP contribution in [0.15, 0.2) is 49.2 Å². The van der Waals surface area contributed by atoms with Gasteiger partial charge in [-0.15, -0.1) is 0 Å². The lowest BCUT2D eigenvalue weighted by molar-refractivity contribution is 0.222. The van der Waals surface area contributed by atoms with Crippen LogP contribution in [0.3, 0.4) is 0 Å². The number of benzene rings is 2. The van der Waals surface area contributed by atoms with Crippen molar-refractivity contribution in [1.29, 1.82) is 0 Å². The average Bonchev–Trinajstić information content (AvgIpc) is 2.81. The molecule has 0 radical (unpaired) electrons. The molecular formula is C26H29Br2N3O3. The molecule has 1 aromatic heterocycles. The zero-order chi connectivity index (χ0) is 24.2. The lowest BCUT2D eigenvalue weighted by Crippen LogP contribution is -2.25. The van der Waals surface area contributed by atoms with Crippen LogP contribution in [0.1, 0.15) is 70.2 Å². The third-order valence-corrected chi connectivity index (χ3v) is 6.89. The minimum absolute atomic E-state index is 0.00894. The number of fused-ring (bicyclic) bond motifs is 1. The average molecular weight is 591 g/mol. The van der Waals surface area contributed by atoms with E-state index in [1.165, 1.54) is 11.1 Å². The highest BCUT2D eigenvalue weighted by Crippen LogP contribution is 2.37. The molecule has 3 aromatic rings. The second kappa shape index (κ2) is 11.0. The fourth-order valence-electron chi connectivity index (χ4n) is 4.30. The quantitative estimate of drug-likeness (QED) is 0.277. The van der Waals surface area contributed by atoms with Gasteiger partial charge in [-0.3, -0.25) is 4.79 Å². The van der Waals surface area contributed by atoms with E-state index >= 15 is 0 Å². The number of halogens is 2. The summed E-state index contributed by atoms with van der Waals surface area (Å²) in [6.07, 6.45) is 7.25. The maximum atomic E-state index is 13.5. The van der Waals surface area contributed by atoms with E-state index < -0.39 is 0 Å². The van der Waals surface area contributed by atoms with Crippen LogP contribution >= 0.6 is 31.9 Å². The van der Waals surface area contributed by atoms with Crippen LogP contribution in [0.25, 0.3) is 10.9 Å². The molecule has 0 N–H and O–H groups in total. The molecule has 0 aliphatic heterocycles. The van der Waals surface area contributed by atoms with Crippen LogP contribution in [-0.2, 0) is 0 Å². The summed E-state index contributed by atoms with van der Waals surface area (Å²) in [5.41, 5.74) is 1.34. The van der Waals surface area contributed by atoms with Gasteiger partial charge >= 0.3 is 0 Å². The molecule has 0 bridgehead atoms. The Labute approximate surface area is 216 Å². The second-order valence-electron chi connectivity index (χ2n) is 8.76. The number of hydrogen-bond donors (Lipinski definition) is 0. The standard InChI is InChI=1S/C26H29Br2N3O3/c1-4-33-23-13-17(12-21(28)24(23)34-16(2)3)15-29-31-25(18-8-6-5-7-9-18)30-22-11-10-19(27)14-20(22)26(31)32/h10-16,18H,4-9H2,1-3H3. The lowest BCUT2D eigenvalue weighted by Gasteiger charge is -2.22. The Balaban J connectivity index is 1.81. The molecule has 1 saturated carbocycles. The molecular weight excluding hydrogens is 562 g/mol. The summed E-state index contributed by atoms with van der Waals surface area (Å²) in [5, 5.41) is 5.19. The van der Waals surface area contributed by atoms with Gasteiger partial charge in [0.1, 0.15) is 5.82 Å². The van der Waals surface area contributed by atoms with Crippen LogP contribution in [0.4, 0.5) is 0 Å². The molecule has 0 spiro atoms. The van der Waals surface area contributed by atoms with E-state index in [0.717, 1.165) is 46.0 Å². The van der Waals surface area contributed by atoms with Crippen molar-refractivity contribution >= 4 is 49.0 Å². The van der Waals surface area contributed by atoms with Gasteiger partial charge in [0.25, 0.3) is 5.56 Å². The van der Waals surface area contributed by atoms with Crippen LogP contribution in [-0.4, -0.2) is 28.6 Å². The van der Waals surface area contributed by atoms with Gasteiger partial charge in [-0.25, -0.2) is 4.98 Å². The van der Waals surface area contributed by atoms with Crippen molar-refractivity contribution in [2.24, 2.45) is 5.10 Å². The van der Waals surface area contributed by atoms with Gasteiger partial charge < -0.3 is 9.47 Å². The molecule has 34 heavy (non-hydrogen) atoms. The fraction of sp³-hybridized carbons (Fsp3) is 0.423. The molecule has 1 heterocycles. The van der Waals surface area contributed by atoms with Gasteiger partial charge in [-0.05, 0) is 85.4 Å². The smallest absolute Gasteiger partial charge is 0.282 e. The predicted molar refractivity (Wildman–Crippen MR) is 144 cm³/mol. The first-order chi connectivity index (χ1) is 16.4. The SMILES string of the molecule is CCOc1cc(C=Nn2c(C3CCCCC3)nc3ccc(Br)cc3c2=O)cc(Br)c1OC(C)C. The predicted octanol–water partition coefficient (Wildman–Crippen LogP) is 7.04. The van der Waals surface area contributed by atoms with Crippen molar-refractivity contribution in [1.82, 2.24) is 9.66 Å². The summed E-state index contributed by atoms with van der Waals surface area (Å²) in [6, 6.07) is 9.41. The van der Waals surface area contributed by atoms with E-state index in [0.29, 0.717) is 29.0 Å². The largest absolute Gasteiger partial charge is 0.490 e. The van der Waals surface area contributed by atoms with Crippen LogP contribution < -0.4 is 15.0 Å². The van der Waals surface area contributed by atoms with Crippen molar-refractivity contribution < 1.29 is 9.47 Å². The highest BCUT2D eigenvalue weighted by atomic mass is 79.9. The molecule has 180 valence electrons. The minimum Gasteiger partial charge on any atom is -0.490 e. The van der Waals surface area contributed by atoms with Gasteiger partial charge in [0.15, 0.2) is 11.5 Å². The zero-order valence-electron chi connectivity index (χ0n) is 19.7. The Morgan fingerprint density at radius 1 is 1.18 bits per heavy atom. The molecule has 1 fully saturated rings. The zero-order valence-corrected chi connectivity index (χ0v) is 22.9. The van der Waals surface area contributed by atoms with E-state index in [9.17, 15) is 4.79 Å². The molecule has 0 atom stereocenters. The highest BCUT2D eigenvalue weighted by Gasteiger charge is 2.22. The first-order valence-electron chi connectivity index (χ1n) is 11.8. The molecule has 1 aliphatic rings. The first-order valence-corrected chi connectivity index (χ1v) is 13.4. The number of ether oxygens (including phenoxy) is 2. The van der Waals surface area contributed by atoms with E-state index in [2.05, 4.69) is 37.0 Å². The van der Waals surface area contributed by atoms with Crippen LogP contribution in [0, 0.1) is 0 Å². The topological polar surface area (TPSA) is 65.7 Å². The molecule has 1 aliphatic carbocycles. The highest BCUT2D eigenvalue weighted by molar-refractivity contribution is 9.10. The summed E-state index contributed by atoms with van der Waals surface area (Å²) in [7, 11) is 0. The summed E-state index contributed by atoms with van der Waals surface area (Å²) < 4.78 is 14.9. The number of hydrogen-bond acceptors (Lipinski definition) is 5. The van der Waals surface area contributed by atoms with Crippen molar-refractivity contribution in [3.05, 3.63) is 61.0 Å². The Bertz CT molecular complexity index is 1260.